The van der Waals surface area contributed by atoms with Crippen molar-refractivity contribution in [2.45, 2.75) is 19.4 Å². The number of aryl methyl sites for hydroxylation is 1. The summed E-state index contributed by atoms with van der Waals surface area (Å²) in [5, 5.41) is 3.46. The summed E-state index contributed by atoms with van der Waals surface area (Å²) >= 11 is 0. The number of H-pyrrole nitrogens is 1. The van der Waals surface area contributed by atoms with E-state index in [4.69, 9.17) is 0 Å². The zero-order valence-corrected chi connectivity index (χ0v) is 16.9. The SMILES string of the molecule is Cc1cccc(-c2ccccc2C(=O)N2CC[C@@H](Nc3nc4ccccc4[nH]3)C2)c1. The molecule has 1 aliphatic heterocycles. The number of aromatic amines is 1. The van der Waals surface area contributed by atoms with Crippen molar-refractivity contribution >= 4 is 22.9 Å². The first-order chi connectivity index (χ1) is 14.7. The summed E-state index contributed by atoms with van der Waals surface area (Å²) in [6.07, 6.45) is 0.898. The lowest BCUT2D eigenvalue weighted by Gasteiger charge is -2.19. The number of hydrogen-bond donors (Lipinski definition) is 2. The normalized spacial score (nSPS) is 16.2. The first kappa shape index (κ1) is 18.4. The van der Waals surface area contributed by atoms with E-state index in [0.29, 0.717) is 6.54 Å². The highest BCUT2D eigenvalue weighted by molar-refractivity contribution is 6.01. The van der Waals surface area contributed by atoms with Gasteiger partial charge in [0.05, 0.1) is 11.0 Å². The molecule has 0 saturated carbocycles. The first-order valence-corrected chi connectivity index (χ1v) is 10.3. The van der Waals surface area contributed by atoms with Gasteiger partial charge in [0.2, 0.25) is 5.95 Å². The van der Waals surface area contributed by atoms with Crippen molar-refractivity contribution in [2.24, 2.45) is 0 Å². The fourth-order valence-electron chi connectivity index (χ4n) is 4.18. The van der Waals surface area contributed by atoms with Crippen LogP contribution in [0, 0.1) is 6.92 Å². The van der Waals surface area contributed by atoms with Crippen molar-refractivity contribution in [3.63, 3.8) is 0 Å². The number of hydrogen-bond acceptors (Lipinski definition) is 3. The Labute approximate surface area is 175 Å². The maximum absolute atomic E-state index is 13.3. The van der Waals surface area contributed by atoms with E-state index >= 15 is 0 Å². The molecule has 3 aromatic carbocycles. The van der Waals surface area contributed by atoms with E-state index < -0.39 is 0 Å². The fraction of sp³-hybridized carbons (Fsp3) is 0.200. The van der Waals surface area contributed by atoms with Gasteiger partial charge in [-0.25, -0.2) is 4.98 Å². The molecule has 1 atom stereocenters. The molecule has 1 aromatic heterocycles. The number of nitrogens with one attached hydrogen (secondary N) is 2. The lowest BCUT2D eigenvalue weighted by molar-refractivity contribution is 0.0792. The molecule has 5 heteroatoms. The Hall–Kier alpha value is -3.60. The molecule has 4 aromatic rings. The van der Waals surface area contributed by atoms with Crippen LogP contribution in [0.2, 0.25) is 0 Å². The third-order valence-electron chi connectivity index (χ3n) is 5.69. The fourth-order valence-corrected chi connectivity index (χ4v) is 4.18. The summed E-state index contributed by atoms with van der Waals surface area (Å²) in [5.74, 6) is 0.844. The van der Waals surface area contributed by atoms with Crippen LogP contribution in [0.25, 0.3) is 22.2 Å². The van der Waals surface area contributed by atoms with E-state index in [9.17, 15) is 4.79 Å². The Kier molecular flexibility index (Phi) is 4.71. The molecule has 0 radical (unpaired) electrons. The number of imidazole rings is 1. The van der Waals surface area contributed by atoms with Crippen LogP contribution in [0.1, 0.15) is 22.3 Å². The number of likely N-dealkylation sites (tertiary alicyclic amines) is 1. The molecule has 0 aliphatic carbocycles. The Morgan fingerprint density at radius 3 is 2.77 bits per heavy atom. The quantitative estimate of drug-likeness (QED) is 0.518. The lowest BCUT2D eigenvalue weighted by atomic mass is 9.97. The number of anilines is 1. The second-order valence-electron chi connectivity index (χ2n) is 7.90. The van der Waals surface area contributed by atoms with Crippen LogP contribution in [0.5, 0.6) is 0 Å². The summed E-state index contributed by atoms with van der Waals surface area (Å²) in [6, 6.07) is 24.3. The number of aromatic nitrogens is 2. The molecule has 150 valence electrons. The minimum Gasteiger partial charge on any atom is -0.351 e. The monoisotopic (exact) mass is 396 g/mol. The third-order valence-corrected chi connectivity index (χ3v) is 5.69. The van der Waals surface area contributed by atoms with Gasteiger partial charge in [-0.1, -0.05) is 60.2 Å². The van der Waals surface area contributed by atoms with E-state index in [1.54, 1.807) is 0 Å². The van der Waals surface area contributed by atoms with Gasteiger partial charge >= 0.3 is 0 Å². The molecule has 0 unspecified atom stereocenters. The topological polar surface area (TPSA) is 61.0 Å². The van der Waals surface area contributed by atoms with E-state index in [-0.39, 0.29) is 11.9 Å². The molecule has 1 saturated heterocycles. The average molecular weight is 396 g/mol. The molecule has 30 heavy (non-hydrogen) atoms. The van der Waals surface area contributed by atoms with Crippen molar-refractivity contribution in [2.75, 3.05) is 18.4 Å². The van der Waals surface area contributed by atoms with Crippen LogP contribution in [0.15, 0.2) is 72.8 Å². The van der Waals surface area contributed by atoms with Crippen molar-refractivity contribution in [1.29, 1.82) is 0 Å². The van der Waals surface area contributed by atoms with E-state index in [1.165, 1.54) is 5.56 Å². The van der Waals surface area contributed by atoms with Gasteiger partial charge in [-0.3, -0.25) is 4.79 Å². The van der Waals surface area contributed by atoms with Gasteiger partial charge in [-0.05, 0) is 42.7 Å². The number of carbonyl (C=O) groups is 1. The minimum atomic E-state index is 0.0843. The van der Waals surface area contributed by atoms with Crippen LogP contribution >= 0.6 is 0 Å². The van der Waals surface area contributed by atoms with Gasteiger partial charge in [-0.15, -0.1) is 0 Å². The minimum absolute atomic E-state index is 0.0843. The second-order valence-corrected chi connectivity index (χ2v) is 7.90. The summed E-state index contributed by atoms with van der Waals surface area (Å²) in [5.41, 5.74) is 5.96. The summed E-state index contributed by atoms with van der Waals surface area (Å²) < 4.78 is 0. The zero-order valence-electron chi connectivity index (χ0n) is 16.9. The summed E-state index contributed by atoms with van der Waals surface area (Å²) in [7, 11) is 0. The van der Waals surface area contributed by atoms with Crippen molar-refractivity contribution in [3.8, 4) is 11.1 Å². The highest BCUT2D eigenvalue weighted by Crippen LogP contribution is 2.27. The molecule has 0 spiro atoms. The molecule has 2 N–H and O–H groups in total. The smallest absolute Gasteiger partial charge is 0.254 e. The highest BCUT2D eigenvalue weighted by Gasteiger charge is 2.28. The van der Waals surface area contributed by atoms with Crippen LogP contribution in [0.3, 0.4) is 0 Å². The predicted molar refractivity (Wildman–Crippen MR) is 121 cm³/mol. The maximum Gasteiger partial charge on any atom is 0.254 e. The number of para-hydroxylation sites is 2. The van der Waals surface area contributed by atoms with Crippen molar-refractivity contribution in [3.05, 3.63) is 83.9 Å². The molecule has 1 aliphatic rings. The predicted octanol–water partition coefficient (Wildman–Crippen LogP) is 4.86. The van der Waals surface area contributed by atoms with E-state index in [1.807, 2.05) is 59.5 Å². The van der Waals surface area contributed by atoms with E-state index in [2.05, 4.69) is 40.4 Å². The molecular formula is C25H24N4O. The van der Waals surface area contributed by atoms with Gasteiger partial charge in [-0.2, -0.15) is 0 Å². The average Bonchev–Trinajstić information content (AvgIpc) is 3.40. The number of amides is 1. The van der Waals surface area contributed by atoms with Gasteiger partial charge in [0.25, 0.3) is 5.91 Å². The third kappa shape index (κ3) is 3.54. The standard InChI is InChI=1S/C25H24N4O/c1-17-7-6-8-18(15-17)20-9-2-3-10-21(20)24(30)29-14-13-19(16-29)26-25-27-22-11-4-5-12-23(22)28-25/h2-12,15,19H,13-14,16H2,1H3,(H2,26,27,28)/t19-/m1/s1. The van der Waals surface area contributed by atoms with Crippen LogP contribution < -0.4 is 5.32 Å². The molecule has 2 heterocycles. The number of rotatable bonds is 4. The number of nitrogens with zero attached hydrogens (tertiary/aromatic N) is 2. The first-order valence-electron chi connectivity index (χ1n) is 10.3. The zero-order chi connectivity index (χ0) is 20.5. The molecule has 1 fully saturated rings. The highest BCUT2D eigenvalue weighted by atomic mass is 16.2. The van der Waals surface area contributed by atoms with Crippen molar-refractivity contribution < 1.29 is 4.79 Å². The second kappa shape index (κ2) is 7.67. The van der Waals surface area contributed by atoms with Gasteiger partial charge in [0.1, 0.15) is 0 Å². The molecule has 5 rings (SSSR count). The summed E-state index contributed by atoms with van der Waals surface area (Å²) in [6.45, 7) is 3.47. The Bertz CT molecular complexity index is 1180. The Balaban J connectivity index is 1.33. The van der Waals surface area contributed by atoms with Gasteiger partial charge in [0, 0.05) is 24.7 Å². The lowest BCUT2D eigenvalue weighted by Crippen LogP contribution is -2.32. The molecule has 1 amide bonds. The number of benzene rings is 3. The number of carbonyl (C=O) groups excluding carboxylic acids is 1. The maximum atomic E-state index is 13.3. The Morgan fingerprint density at radius 2 is 1.90 bits per heavy atom. The summed E-state index contributed by atoms with van der Waals surface area (Å²) in [4.78, 5) is 23.2. The largest absolute Gasteiger partial charge is 0.351 e. The van der Waals surface area contributed by atoms with Gasteiger partial charge in [0.15, 0.2) is 0 Å². The molecular weight excluding hydrogens is 372 g/mol. The Morgan fingerprint density at radius 1 is 1.07 bits per heavy atom. The van der Waals surface area contributed by atoms with Crippen LogP contribution in [0.4, 0.5) is 5.95 Å². The van der Waals surface area contributed by atoms with Gasteiger partial charge < -0.3 is 15.2 Å². The molecule has 5 nitrogen and oxygen atoms in total. The van der Waals surface area contributed by atoms with Crippen LogP contribution in [-0.4, -0.2) is 39.9 Å². The number of fused-ring (bicyclic) bond motifs is 1. The molecule has 0 bridgehead atoms. The van der Waals surface area contributed by atoms with Crippen LogP contribution in [-0.2, 0) is 0 Å². The van der Waals surface area contributed by atoms with Crippen molar-refractivity contribution in [1.82, 2.24) is 14.9 Å². The van der Waals surface area contributed by atoms with E-state index in [0.717, 1.165) is 46.6 Å².